The van der Waals surface area contributed by atoms with Crippen molar-refractivity contribution in [2.45, 2.75) is 26.7 Å². The molecule has 1 aromatic carbocycles. The zero-order chi connectivity index (χ0) is 13.8. The molecule has 0 amide bonds. The Bertz CT molecular complexity index is 584. The minimum absolute atomic E-state index is 0.660. The molecule has 2 aromatic rings. The SMILES string of the molecule is CCCc1cc(NCC)c2c(OC)ccc(Cl)c2n1. The Hall–Kier alpha value is -1.48. The summed E-state index contributed by atoms with van der Waals surface area (Å²) in [6.07, 6.45) is 2.01. The normalized spacial score (nSPS) is 10.7. The Labute approximate surface area is 118 Å². The first-order valence-electron chi connectivity index (χ1n) is 6.61. The molecule has 1 aromatic heterocycles. The van der Waals surface area contributed by atoms with Crippen LogP contribution in [0.25, 0.3) is 10.9 Å². The topological polar surface area (TPSA) is 34.1 Å². The number of ether oxygens (including phenoxy) is 1. The van der Waals surface area contributed by atoms with Gasteiger partial charge >= 0.3 is 0 Å². The van der Waals surface area contributed by atoms with Crippen molar-refractivity contribution in [3.8, 4) is 5.75 Å². The highest BCUT2D eigenvalue weighted by molar-refractivity contribution is 6.35. The smallest absolute Gasteiger partial charge is 0.130 e. The highest BCUT2D eigenvalue weighted by Crippen LogP contribution is 2.36. The van der Waals surface area contributed by atoms with Crippen LogP contribution in [-0.2, 0) is 6.42 Å². The highest BCUT2D eigenvalue weighted by atomic mass is 35.5. The van der Waals surface area contributed by atoms with Crippen LogP contribution in [0.2, 0.25) is 5.02 Å². The largest absolute Gasteiger partial charge is 0.496 e. The van der Waals surface area contributed by atoms with Crippen LogP contribution < -0.4 is 10.1 Å². The van der Waals surface area contributed by atoms with E-state index in [1.54, 1.807) is 7.11 Å². The molecule has 0 radical (unpaired) electrons. The van der Waals surface area contributed by atoms with Crippen molar-refractivity contribution >= 4 is 28.2 Å². The van der Waals surface area contributed by atoms with Gasteiger partial charge in [-0.3, -0.25) is 4.98 Å². The van der Waals surface area contributed by atoms with Gasteiger partial charge in [-0.1, -0.05) is 24.9 Å². The molecule has 0 atom stereocenters. The number of hydrogen-bond acceptors (Lipinski definition) is 3. The number of fused-ring (bicyclic) bond motifs is 1. The van der Waals surface area contributed by atoms with E-state index in [-0.39, 0.29) is 0 Å². The number of hydrogen-bond donors (Lipinski definition) is 1. The molecule has 0 aliphatic rings. The van der Waals surface area contributed by atoms with Gasteiger partial charge in [0.2, 0.25) is 0 Å². The van der Waals surface area contributed by atoms with Gasteiger partial charge in [-0.25, -0.2) is 0 Å². The van der Waals surface area contributed by atoms with Gasteiger partial charge in [0.1, 0.15) is 5.75 Å². The van der Waals surface area contributed by atoms with Crippen molar-refractivity contribution in [1.82, 2.24) is 4.98 Å². The van der Waals surface area contributed by atoms with E-state index in [4.69, 9.17) is 16.3 Å². The van der Waals surface area contributed by atoms with Crippen molar-refractivity contribution in [3.05, 3.63) is 28.9 Å². The third-order valence-electron chi connectivity index (χ3n) is 3.02. The lowest BCUT2D eigenvalue weighted by atomic mass is 10.1. The summed E-state index contributed by atoms with van der Waals surface area (Å²) in [6.45, 7) is 5.06. The number of halogens is 1. The molecule has 3 nitrogen and oxygen atoms in total. The summed E-state index contributed by atoms with van der Waals surface area (Å²) in [6, 6.07) is 5.81. The number of anilines is 1. The molecule has 0 bridgehead atoms. The van der Waals surface area contributed by atoms with Crippen LogP contribution in [0.1, 0.15) is 26.0 Å². The molecule has 1 heterocycles. The van der Waals surface area contributed by atoms with Gasteiger partial charge in [-0.15, -0.1) is 0 Å². The second kappa shape index (κ2) is 6.11. The van der Waals surface area contributed by atoms with E-state index in [9.17, 15) is 0 Å². The molecule has 2 rings (SSSR count). The van der Waals surface area contributed by atoms with E-state index in [0.717, 1.165) is 47.4 Å². The summed E-state index contributed by atoms with van der Waals surface area (Å²) in [5, 5.41) is 4.99. The van der Waals surface area contributed by atoms with Crippen LogP contribution in [0.15, 0.2) is 18.2 Å². The van der Waals surface area contributed by atoms with E-state index < -0.39 is 0 Å². The highest BCUT2D eigenvalue weighted by Gasteiger charge is 2.13. The van der Waals surface area contributed by atoms with Crippen molar-refractivity contribution < 1.29 is 4.74 Å². The number of benzene rings is 1. The molecule has 0 aliphatic heterocycles. The van der Waals surface area contributed by atoms with Crippen LogP contribution in [0, 0.1) is 0 Å². The van der Waals surface area contributed by atoms with Gasteiger partial charge in [0.05, 0.1) is 23.0 Å². The van der Waals surface area contributed by atoms with E-state index in [2.05, 4.69) is 30.2 Å². The van der Waals surface area contributed by atoms with Gasteiger partial charge in [0.15, 0.2) is 0 Å². The summed E-state index contributed by atoms with van der Waals surface area (Å²) in [5.41, 5.74) is 2.90. The van der Waals surface area contributed by atoms with Crippen LogP contribution in [0.4, 0.5) is 5.69 Å². The first-order valence-corrected chi connectivity index (χ1v) is 6.99. The maximum Gasteiger partial charge on any atom is 0.130 e. The quantitative estimate of drug-likeness (QED) is 0.886. The number of aryl methyl sites for hydroxylation is 1. The number of rotatable bonds is 5. The molecule has 1 N–H and O–H groups in total. The predicted molar refractivity (Wildman–Crippen MR) is 81.5 cm³/mol. The fourth-order valence-corrected chi connectivity index (χ4v) is 2.42. The van der Waals surface area contributed by atoms with E-state index in [1.807, 2.05) is 12.1 Å². The maximum atomic E-state index is 6.28. The standard InChI is InChI=1S/C15H19ClN2O/c1-4-6-10-9-12(17-5-2)14-13(19-3)8-7-11(16)15(14)18-10/h7-9H,4-6H2,1-3H3,(H,17,18). The van der Waals surface area contributed by atoms with Gasteiger partial charge in [0.25, 0.3) is 0 Å². The Kier molecular flexibility index (Phi) is 4.48. The van der Waals surface area contributed by atoms with Crippen molar-refractivity contribution in [2.75, 3.05) is 19.0 Å². The molecule has 0 aliphatic carbocycles. The third-order valence-corrected chi connectivity index (χ3v) is 3.32. The molecule has 0 spiro atoms. The molecule has 0 saturated heterocycles. The maximum absolute atomic E-state index is 6.28. The Morgan fingerprint density at radius 2 is 2.11 bits per heavy atom. The summed E-state index contributed by atoms with van der Waals surface area (Å²) in [5.74, 6) is 0.797. The average Bonchev–Trinajstić information content (AvgIpc) is 2.41. The van der Waals surface area contributed by atoms with Gasteiger partial charge in [-0.05, 0) is 31.5 Å². The Morgan fingerprint density at radius 3 is 2.74 bits per heavy atom. The number of methoxy groups -OCH3 is 1. The van der Waals surface area contributed by atoms with E-state index in [1.165, 1.54) is 0 Å². The van der Waals surface area contributed by atoms with Crippen molar-refractivity contribution in [1.29, 1.82) is 0 Å². The third kappa shape index (κ3) is 2.76. The fourth-order valence-electron chi connectivity index (χ4n) is 2.22. The molecular formula is C15H19ClN2O. The predicted octanol–water partition coefficient (Wildman–Crippen LogP) is 4.28. The Morgan fingerprint density at radius 1 is 1.32 bits per heavy atom. The number of pyridine rings is 1. The molecule has 0 fully saturated rings. The molecular weight excluding hydrogens is 260 g/mol. The number of aromatic nitrogens is 1. The van der Waals surface area contributed by atoms with Gasteiger partial charge < -0.3 is 10.1 Å². The first kappa shape index (κ1) is 13.9. The van der Waals surface area contributed by atoms with Crippen LogP contribution >= 0.6 is 11.6 Å². The molecule has 4 heteroatoms. The van der Waals surface area contributed by atoms with Gasteiger partial charge in [0, 0.05) is 17.9 Å². The van der Waals surface area contributed by atoms with Crippen LogP contribution in [-0.4, -0.2) is 18.6 Å². The van der Waals surface area contributed by atoms with Gasteiger partial charge in [-0.2, -0.15) is 0 Å². The van der Waals surface area contributed by atoms with E-state index in [0.29, 0.717) is 5.02 Å². The summed E-state index contributed by atoms with van der Waals surface area (Å²) < 4.78 is 5.43. The summed E-state index contributed by atoms with van der Waals surface area (Å²) >= 11 is 6.28. The average molecular weight is 279 g/mol. The zero-order valence-electron chi connectivity index (χ0n) is 11.6. The van der Waals surface area contributed by atoms with E-state index >= 15 is 0 Å². The summed E-state index contributed by atoms with van der Waals surface area (Å²) in [7, 11) is 1.67. The van der Waals surface area contributed by atoms with Crippen molar-refractivity contribution in [3.63, 3.8) is 0 Å². The number of nitrogens with zero attached hydrogens (tertiary/aromatic N) is 1. The lowest BCUT2D eigenvalue weighted by Crippen LogP contribution is -2.02. The molecule has 19 heavy (non-hydrogen) atoms. The monoisotopic (exact) mass is 278 g/mol. The van der Waals surface area contributed by atoms with Crippen LogP contribution in [0.3, 0.4) is 0 Å². The second-order valence-electron chi connectivity index (χ2n) is 4.41. The fraction of sp³-hybridized carbons (Fsp3) is 0.400. The minimum Gasteiger partial charge on any atom is -0.496 e. The van der Waals surface area contributed by atoms with Crippen molar-refractivity contribution in [2.24, 2.45) is 0 Å². The minimum atomic E-state index is 0.660. The molecule has 0 saturated carbocycles. The summed E-state index contributed by atoms with van der Waals surface area (Å²) in [4.78, 5) is 4.66. The van der Waals surface area contributed by atoms with Crippen LogP contribution in [0.5, 0.6) is 5.75 Å². The molecule has 102 valence electrons. The lowest BCUT2D eigenvalue weighted by Gasteiger charge is -2.14. The Balaban J connectivity index is 2.73. The lowest BCUT2D eigenvalue weighted by molar-refractivity contribution is 0.420. The second-order valence-corrected chi connectivity index (χ2v) is 4.82. The zero-order valence-corrected chi connectivity index (χ0v) is 12.3. The number of nitrogens with one attached hydrogen (secondary N) is 1. The molecule has 0 unspecified atom stereocenters. The first-order chi connectivity index (χ1) is 9.21.